The Balaban J connectivity index is 1.85. The van der Waals surface area contributed by atoms with Gasteiger partial charge >= 0.3 is 0 Å². The SMILES string of the molecule is CCCCCn1c(=O)c2c(Br)c(Br)c3c(=O)n(CCCCC)c(=O)c4c5nc6c(C#C[Si](C(C)C)(C(C)C)C(C)C)c7[nH]s[nH]c7c(C#C[Si](C(C)C)(C(C)C)C(C)C)c6nc5c(c1=O)c2c34. The van der Waals surface area contributed by atoms with Crippen LogP contribution in [0.15, 0.2) is 28.1 Å². The molecule has 4 aromatic heterocycles. The fraction of sp³-hybridized carbons (Fsp3) is 0.538. The van der Waals surface area contributed by atoms with E-state index in [9.17, 15) is 9.59 Å². The minimum absolute atomic E-state index is 0.150. The quantitative estimate of drug-likeness (QED) is 0.0366. The van der Waals surface area contributed by atoms with Crippen LogP contribution in [0.2, 0.25) is 33.2 Å². The molecule has 7 rings (SSSR count). The van der Waals surface area contributed by atoms with E-state index in [4.69, 9.17) is 9.97 Å². The largest absolute Gasteiger partial charge is 0.294 e. The molecule has 10 nitrogen and oxygen atoms in total. The van der Waals surface area contributed by atoms with Crippen molar-refractivity contribution in [2.24, 2.45) is 0 Å². The summed E-state index contributed by atoms with van der Waals surface area (Å²) < 4.78 is 10.4. The third kappa shape index (κ3) is 7.95. The molecule has 2 N–H and O–H groups in total. The molecule has 0 unspecified atom stereocenters. The fourth-order valence-corrected chi connectivity index (χ4v) is 24.0. The van der Waals surface area contributed by atoms with Gasteiger partial charge in [0.25, 0.3) is 22.2 Å². The Morgan fingerprint density at radius 2 is 0.806 bits per heavy atom. The average Bonchev–Trinajstić information content (AvgIpc) is 3.74. The molecule has 0 saturated carbocycles. The highest BCUT2D eigenvalue weighted by Crippen LogP contribution is 2.45. The van der Waals surface area contributed by atoms with Crippen LogP contribution in [0.25, 0.3) is 65.4 Å². The first kappa shape index (κ1) is 51.0. The number of H-pyrrole nitrogens is 2. The zero-order valence-electron chi connectivity index (χ0n) is 41.7. The minimum atomic E-state index is -2.31. The second-order valence-corrected chi connectivity index (χ2v) is 33.9. The smallest absolute Gasteiger partial charge is 0.263 e. The zero-order chi connectivity index (χ0) is 49.2. The average molecular weight is 1090 g/mol. The molecule has 0 spiro atoms. The van der Waals surface area contributed by atoms with Gasteiger partial charge in [-0.15, -0.1) is 11.1 Å². The summed E-state index contributed by atoms with van der Waals surface area (Å²) in [4.78, 5) is 71.1. The number of fused-ring (bicyclic) bond motifs is 5. The topological polar surface area (TPSA) is 136 Å². The van der Waals surface area contributed by atoms with Gasteiger partial charge < -0.3 is 0 Å². The van der Waals surface area contributed by atoms with E-state index in [1.807, 2.05) is 0 Å². The molecular formula is C52H66Br2N6O4SSi2. The highest BCUT2D eigenvalue weighted by molar-refractivity contribution is 9.13. The molecule has 15 heteroatoms. The van der Waals surface area contributed by atoms with Gasteiger partial charge in [-0.2, -0.15) is 0 Å². The predicted octanol–water partition coefficient (Wildman–Crippen LogP) is 13.6. The summed E-state index contributed by atoms with van der Waals surface area (Å²) in [6.45, 7) is 32.0. The minimum Gasteiger partial charge on any atom is -0.294 e. The van der Waals surface area contributed by atoms with Gasteiger partial charge in [0.15, 0.2) is 0 Å². The number of benzene rings is 3. The summed E-state index contributed by atoms with van der Waals surface area (Å²) in [6.07, 6.45) is 4.67. The van der Waals surface area contributed by atoms with Gasteiger partial charge in [0.2, 0.25) is 0 Å². The second kappa shape index (κ2) is 19.5. The molecule has 0 bridgehead atoms. The fourth-order valence-electron chi connectivity index (χ4n) is 11.8. The molecule has 0 saturated heterocycles. The van der Waals surface area contributed by atoms with E-state index < -0.39 is 38.4 Å². The van der Waals surface area contributed by atoms with E-state index in [1.165, 1.54) is 20.9 Å². The molecular weight excluding hydrogens is 1020 g/mol. The zero-order valence-corrected chi connectivity index (χ0v) is 47.7. The Labute approximate surface area is 416 Å². The standard InChI is InChI=1S/C52H66Br2N6O4SSi2/c1-15-17-19-23-59-49(61)37-35-36-38(42(54)41(37)53)50(62)60(24-20-18-16-2)52(64)40(36)48-47(39(35)51(59)63)55-43-33(21-25-66(27(3)4,28(5)6)29(7)8)45-46(58-65-57-45)34(44(43)56-48)22-26-67(30(9)10,31(11)12)32(13)14/h27-32,57-58H,15-20,23-24H2,1-14H3. The van der Waals surface area contributed by atoms with Gasteiger partial charge in [-0.05, 0) is 77.9 Å². The number of aromatic nitrogens is 6. The lowest BCUT2D eigenvalue weighted by atomic mass is 9.94. The number of rotatable bonds is 14. The summed E-state index contributed by atoms with van der Waals surface area (Å²) in [5, 5.41) is 1.21. The summed E-state index contributed by atoms with van der Waals surface area (Å²) in [7, 11) is -4.62. The van der Waals surface area contributed by atoms with Crippen molar-refractivity contribution in [3.63, 3.8) is 0 Å². The molecule has 356 valence electrons. The Morgan fingerprint density at radius 3 is 1.10 bits per heavy atom. The van der Waals surface area contributed by atoms with Crippen LogP contribution in [0.3, 0.4) is 0 Å². The van der Waals surface area contributed by atoms with E-state index in [2.05, 4.69) is 160 Å². The van der Waals surface area contributed by atoms with Crippen LogP contribution in [-0.4, -0.2) is 44.0 Å². The number of pyridine rings is 2. The first-order chi connectivity index (χ1) is 31.7. The Morgan fingerprint density at radius 1 is 0.493 bits per heavy atom. The number of aromatic amines is 2. The molecule has 67 heavy (non-hydrogen) atoms. The van der Waals surface area contributed by atoms with Gasteiger partial charge in [0.05, 0.1) is 43.7 Å². The maximum absolute atomic E-state index is 15.3. The van der Waals surface area contributed by atoms with Crippen molar-refractivity contribution in [3.8, 4) is 22.9 Å². The molecule has 0 fully saturated rings. The highest BCUT2D eigenvalue weighted by Gasteiger charge is 2.43. The van der Waals surface area contributed by atoms with Crippen LogP contribution < -0.4 is 22.2 Å². The molecule has 0 aliphatic rings. The molecule has 0 radical (unpaired) electrons. The lowest BCUT2D eigenvalue weighted by molar-refractivity contribution is 0.579. The van der Waals surface area contributed by atoms with Crippen molar-refractivity contribution >= 4 is 125 Å². The normalized spacial score (nSPS) is 12.9. The van der Waals surface area contributed by atoms with E-state index in [0.29, 0.717) is 77.2 Å². The molecule has 0 aliphatic carbocycles. The number of hydrogen-bond donors (Lipinski definition) is 2. The molecule has 7 aromatic rings. The summed E-state index contributed by atoms with van der Waals surface area (Å²) >= 11 is 8.78. The molecule has 0 aliphatic heterocycles. The van der Waals surface area contributed by atoms with E-state index in [-0.39, 0.29) is 56.4 Å². The lowest BCUT2D eigenvalue weighted by Gasteiger charge is -2.38. The van der Waals surface area contributed by atoms with Crippen LogP contribution in [0.5, 0.6) is 0 Å². The molecule has 4 heterocycles. The van der Waals surface area contributed by atoms with Gasteiger partial charge in [-0.25, -0.2) is 9.97 Å². The van der Waals surface area contributed by atoms with Crippen molar-refractivity contribution in [2.45, 2.75) is 182 Å². The molecule has 0 amide bonds. The van der Waals surface area contributed by atoms with Gasteiger partial charge in [0, 0.05) is 44.5 Å². The summed E-state index contributed by atoms with van der Waals surface area (Å²) in [5.41, 5.74) is 12.1. The molecule has 0 atom stereocenters. The number of nitrogens with one attached hydrogen (secondary N) is 2. The highest BCUT2D eigenvalue weighted by atomic mass is 79.9. The van der Waals surface area contributed by atoms with Crippen molar-refractivity contribution in [1.82, 2.24) is 27.8 Å². The second-order valence-electron chi connectivity index (χ2n) is 20.5. The van der Waals surface area contributed by atoms with Crippen LogP contribution in [0.1, 0.15) is 147 Å². The Kier molecular flexibility index (Phi) is 14.8. The number of hydrogen-bond acceptors (Lipinski definition) is 7. The Bertz CT molecular complexity index is 3200. The Hall–Kier alpha value is -3.87. The summed E-state index contributed by atoms with van der Waals surface area (Å²) in [5.74, 6) is 7.48. The first-order valence-electron chi connectivity index (χ1n) is 24.3. The van der Waals surface area contributed by atoms with E-state index in [0.717, 1.165) is 36.7 Å². The third-order valence-electron chi connectivity index (χ3n) is 15.1. The predicted molar refractivity (Wildman–Crippen MR) is 296 cm³/mol. The summed E-state index contributed by atoms with van der Waals surface area (Å²) in [6, 6.07) is 0. The van der Waals surface area contributed by atoms with Crippen molar-refractivity contribution < 1.29 is 0 Å². The number of unbranched alkanes of at least 4 members (excludes halogenated alkanes) is 4. The maximum Gasteiger partial charge on any atom is 0.263 e. The van der Waals surface area contributed by atoms with Crippen LogP contribution in [0, 0.1) is 22.9 Å². The lowest BCUT2D eigenvalue weighted by Crippen LogP contribution is -2.43. The van der Waals surface area contributed by atoms with Gasteiger partial charge in [0.1, 0.15) is 38.2 Å². The van der Waals surface area contributed by atoms with Gasteiger partial charge in [-0.3, -0.25) is 37.1 Å². The number of halogens is 2. The van der Waals surface area contributed by atoms with Crippen LogP contribution in [0.4, 0.5) is 0 Å². The van der Waals surface area contributed by atoms with E-state index in [1.54, 1.807) is 0 Å². The third-order valence-corrected chi connectivity index (χ3v) is 30.4. The van der Waals surface area contributed by atoms with Crippen LogP contribution in [-0.2, 0) is 13.1 Å². The van der Waals surface area contributed by atoms with Gasteiger partial charge in [-0.1, -0.05) is 134 Å². The maximum atomic E-state index is 15.3. The number of nitrogens with zero attached hydrogens (tertiary/aromatic N) is 4. The van der Waals surface area contributed by atoms with Crippen LogP contribution >= 0.6 is 43.6 Å². The van der Waals surface area contributed by atoms with E-state index >= 15 is 9.59 Å². The van der Waals surface area contributed by atoms with Crippen molar-refractivity contribution in [3.05, 3.63) is 61.5 Å². The first-order valence-corrected chi connectivity index (χ1v) is 31.2. The van der Waals surface area contributed by atoms with Crippen molar-refractivity contribution in [2.75, 3.05) is 0 Å². The molecule has 3 aromatic carbocycles. The van der Waals surface area contributed by atoms with Crippen molar-refractivity contribution in [1.29, 1.82) is 0 Å². The monoisotopic (exact) mass is 1080 g/mol.